The van der Waals surface area contributed by atoms with Gasteiger partial charge in [0.25, 0.3) is 0 Å². The summed E-state index contributed by atoms with van der Waals surface area (Å²) in [6.45, 7) is 3.32. The van der Waals surface area contributed by atoms with Crippen molar-refractivity contribution < 1.29 is 14.3 Å². The molecule has 0 bridgehead atoms. The topological polar surface area (TPSA) is 79.5 Å². The molecule has 1 aromatic rings. The molecule has 0 spiro atoms. The normalized spacial score (nSPS) is 24.5. The van der Waals surface area contributed by atoms with Crippen molar-refractivity contribution in [3.63, 3.8) is 0 Å². The second-order valence-corrected chi connectivity index (χ2v) is 5.92. The van der Waals surface area contributed by atoms with Crippen LogP contribution in [0.1, 0.15) is 31.4 Å². The van der Waals surface area contributed by atoms with Crippen molar-refractivity contribution in [2.75, 3.05) is 26.3 Å². The van der Waals surface area contributed by atoms with E-state index in [4.69, 9.17) is 9.47 Å². The Hall–Kier alpha value is -1.60. The zero-order valence-electron chi connectivity index (χ0n) is 12.8. The van der Waals surface area contributed by atoms with E-state index in [1.807, 2.05) is 11.0 Å². The average Bonchev–Trinajstić information content (AvgIpc) is 3.27. The molecule has 0 saturated carbocycles. The fourth-order valence-corrected chi connectivity index (χ4v) is 2.97. The number of aromatic amines is 1. The largest absolute Gasteiger partial charge is 0.376 e. The van der Waals surface area contributed by atoms with E-state index >= 15 is 0 Å². The Labute approximate surface area is 130 Å². The lowest BCUT2D eigenvalue weighted by Crippen LogP contribution is -2.46. The Balaban J connectivity index is 1.54. The summed E-state index contributed by atoms with van der Waals surface area (Å²) in [5, 5.41) is 9.66. The third-order valence-electron chi connectivity index (χ3n) is 4.17. The second kappa shape index (κ2) is 7.60. The van der Waals surface area contributed by atoms with Crippen LogP contribution in [0.4, 0.5) is 4.79 Å². The first-order valence-electron chi connectivity index (χ1n) is 8.05. The fraction of sp³-hybridized carbons (Fsp3) is 0.733. The van der Waals surface area contributed by atoms with Gasteiger partial charge >= 0.3 is 6.03 Å². The smallest absolute Gasteiger partial charge is 0.317 e. The molecule has 2 saturated heterocycles. The highest BCUT2D eigenvalue weighted by molar-refractivity contribution is 5.74. The van der Waals surface area contributed by atoms with Crippen LogP contribution >= 0.6 is 0 Å². The highest BCUT2D eigenvalue weighted by Crippen LogP contribution is 2.17. The number of H-pyrrole nitrogens is 1. The number of hydrogen-bond acceptors (Lipinski definition) is 4. The van der Waals surface area contributed by atoms with E-state index in [0.29, 0.717) is 19.6 Å². The van der Waals surface area contributed by atoms with Crippen LogP contribution in [0, 0.1) is 0 Å². The summed E-state index contributed by atoms with van der Waals surface area (Å²) in [4.78, 5) is 14.3. The zero-order valence-corrected chi connectivity index (χ0v) is 12.8. The minimum Gasteiger partial charge on any atom is -0.376 e. The van der Waals surface area contributed by atoms with Crippen molar-refractivity contribution in [2.24, 2.45) is 0 Å². The molecule has 2 aliphatic rings. The maximum absolute atomic E-state index is 12.5. The van der Waals surface area contributed by atoms with Gasteiger partial charge in [0.05, 0.1) is 24.4 Å². The summed E-state index contributed by atoms with van der Waals surface area (Å²) >= 11 is 0. The molecule has 7 heteroatoms. The Morgan fingerprint density at radius 1 is 1.27 bits per heavy atom. The molecule has 0 radical (unpaired) electrons. The standard InChI is InChI=1S/C15H24N4O3/c20-15(16-9-12-5-6-17-18-12)19(10-13-3-1-7-21-13)11-14-4-2-8-22-14/h5-6,13-14H,1-4,7-11H2,(H,16,20)(H,17,18)/t13-,14-/m0/s1. The van der Waals surface area contributed by atoms with Crippen molar-refractivity contribution in [3.05, 3.63) is 18.0 Å². The highest BCUT2D eigenvalue weighted by atomic mass is 16.5. The van der Waals surface area contributed by atoms with Crippen molar-refractivity contribution in [3.8, 4) is 0 Å². The Morgan fingerprint density at radius 3 is 2.45 bits per heavy atom. The van der Waals surface area contributed by atoms with Gasteiger partial charge < -0.3 is 19.7 Å². The summed E-state index contributed by atoms with van der Waals surface area (Å²) in [5.41, 5.74) is 0.891. The molecule has 0 aromatic carbocycles. The number of carbonyl (C=O) groups excluding carboxylic acids is 1. The van der Waals surface area contributed by atoms with Gasteiger partial charge in [0, 0.05) is 32.5 Å². The van der Waals surface area contributed by atoms with Crippen LogP contribution < -0.4 is 5.32 Å². The molecule has 3 rings (SSSR count). The van der Waals surface area contributed by atoms with Gasteiger partial charge in [-0.05, 0) is 31.7 Å². The van der Waals surface area contributed by atoms with Crippen LogP contribution in [0.15, 0.2) is 12.3 Å². The SMILES string of the molecule is O=C(NCc1ccn[nH]1)N(C[C@@H]1CCCO1)C[C@@H]1CCCO1. The third kappa shape index (κ3) is 4.20. The van der Waals surface area contributed by atoms with Gasteiger partial charge in [-0.2, -0.15) is 5.10 Å². The van der Waals surface area contributed by atoms with Crippen LogP contribution in [-0.4, -0.2) is 59.6 Å². The molecular weight excluding hydrogens is 284 g/mol. The predicted octanol–water partition coefficient (Wildman–Crippen LogP) is 1.28. The van der Waals surface area contributed by atoms with Gasteiger partial charge in [0.15, 0.2) is 0 Å². The molecule has 0 aliphatic carbocycles. The summed E-state index contributed by atoms with van der Waals surface area (Å²) in [5.74, 6) is 0. The Kier molecular flexibility index (Phi) is 5.29. The molecule has 2 fully saturated rings. The van der Waals surface area contributed by atoms with E-state index in [1.54, 1.807) is 6.20 Å². The van der Waals surface area contributed by atoms with E-state index in [1.165, 1.54) is 0 Å². The number of rotatable bonds is 6. The molecule has 2 amide bonds. The monoisotopic (exact) mass is 308 g/mol. The van der Waals surface area contributed by atoms with Crippen LogP contribution in [0.2, 0.25) is 0 Å². The predicted molar refractivity (Wildman–Crippen MR) is 80.3 cm³/mol. The van der Waals surface area contributed by atoms with E-state index in [0.717, 1.165) is 44.6 Å². The first-order valence-corrected chi connectivity index (χ1v) is 8.05. The van der Waals surface area contributed by atoms with Crippen LogP contribution in [0.25, 0.3) is 0 Å². The van der Waals surface area contributed by atoms with Crippen LogP contribution in [0.5, 0.6) is 0 Å². The van der Waals surface area contributed by atoms with Gasteiger partial charge in [0.1, 0.15) is 0 Å². The van der Waals surface area contributed by atoms with Crippen LogP contribution in [-0.2, 0) is 16.0 Å². The summed E-state index contributed by atoms with van der Waals surface area (Å²) in [6.07, 6.45) is 6.19. The lowest BCUT2D eigenvalue weighted by molar-refractivity contribution is 0.0498. The molecule has 122 valence electrons. The molecular formula is C15H24N4O3. The number of ether oxygens (including phenoxy) is 2. The van der Waals surface area contributed by atoms with Crippen molar-refractivity contribution in [1.82, 2.24) is 20.4 Å². The Bertz CT molecular complexity index is 435. The second-order valence-electron chi connectivity index (χ2n) is 5.92. The van der Waals surface area contributed by atoms with Gasteiger partial charge in [0.2, 0.25) is 0 Å². The van der Waals surface area contributed by atoms with E-state index in [-0.39, 0.29) is 18.2 Å². The first kappa shape index (κ1) is 15.3. The van der Waals surface area contributed by atoms with Crippen LogP contribution in [0.3, 0.4) is 0 Å². The fourth-order valence-electron chi connectivity index (χ4n) is 2.97. The summed E-state index contributed by atoms with van der Waals surface area (Å²) in [7, 11) is 0. The van der Waals surface area contributed by atoms with Gasteiger partial charge in [-0.25, -0.2) is 4.79 Å². The molecule has 7 nitrogen and oxygen atoms in total. The first-order chi connectivity index (χ1) is 10.8. The minimum atomic E-state index is -0.0689. The molecule has 2 N–H and O–H groups in total. The van der Waals surface area contributed by atoms with Gasteiger partial charge in [-0.1, -0.05) is 0 Å². The van der Waals surface area contributed by atoms with Crippen molar-refractivity contribution in [1.29, 1.82) is 0 Å². The number of amides is 2. The third-order valence-corrected chi connectivity index (χ3v) is 4.17. The molecule has 2 aliphatic heterocycles. The molecule has 3 heterocycles. The molecule has 2 atom stereocenters. The molecule has 22 heavy (non-hydrogen) atoms. The Morgan fingerprint density at radius 2 is 1.95 bits per heavy atom. The highest BCUT2D eigenvalue weighted by Gasteiger charge is 2.26. The number of aromatic nitrogens is 2. The van der Waals surface area contributed by atoms with E-state index < -0.39 is 0 Å². The summed E-state index contributed by atoms with van der Waals surface area (Å²) < 4.78 is 11.3. The zero-order chi connectivity index (χ0) is 15.2. The number of nitrogens with one attached hydrogen (secondary N) is 2. The van der Waals surface area contributed by atoms with Crippen molar-refractivity contribution >= 4 is 6.03 Å². The molecule has 1 aromatic heterocycles. The lowest BCUT2D eigenvalue weighted by atomic mass is 10.2. The van der Waals surface area contributed by atoms with Gasteiger partial charge in [-0.3, -0.25) is 5.10 Å². The molecule has 0 unspecified atom stereocenters. The van der Waals surface area contributed by atoms with E-state index in [2.05, 4.69) is 15.5 Å². The number of hydrogen-bond donors (Lipinski definition) is 2. The quantitative estimate of drug-likeness (QED) is 0.829. The lowest BCUT2D eigenvalue weighted by Gasteiger charge is -2.27. The minimum absolute atomic E-state index is 0.0689. The van der Waals surface area contributed by atoms with Gasteiger partial charge in [-0.15, -0.1) is 0 Å². The number of nitrogens with zero attached hydrogens (tertiary/aromatic N) is 2. The summed E-state index contributed by atoms with van der Waals surface area (Å²) in [6, 6.07) is 1.78. The number of urea groups is 1. The maximum Gasteiger partial charge on any atom is 0.317 e. The van der Waals surface area contributed by atoms with E-state index in [9.17, 15) is 4.79 Å². The maximum atomic E-state index is 12.5. The average molecular weight is 308 g/mol. The van der Waals surface area contributed by atoms with Crippen molar-refractivity contribution in [2.45, 2.75) is 44.4 Å². The number of carbonyl (C=O) groups is 1.